The molecule has 27 heavy (non-hydrogen) atoms. The second-order valence-corrected chi connectivity index (χ2v) is 7.78. The fourth-order valence-corrected chi connectivity index (χ4v) is 3.85. The molecule has 150 valence electrons. The molecule has 1 atom stereocenters. The summed E-state index contributed by atoms with van der Waals surface area (Å²) in [5, 5.41) is 3.26. The Bertz CT molecular complexity index is 652. The number of carbonyl (C=O) groups is 2. The number of nitroso groups, excluding NO2 is 1. The van der Waals surface area contributed by atoms with Crippen molar-refractivity contribution in [3.63, 3.8) is 0 Å². The summed E-state index contributed by atoms with van der Waals surface area (Å²) in [4.78, 5) is 38.4. The summed E-state index contributed by atoms with van der Waals surface area (Å²) in [5.74, 6) is -0.986. The third-order valence-electron chi connectivity index (χ3n) is 4.48. The third-order valence-corrected chi connectivity index (χ3v) is 5.82. The van der Waals surface area contributed by atoms with Gasteiger partial charge in [-0.3, -0.25) is 4.79 Å². The molecule has 1 heterocycles. The maximum Gasteiger partial charge on any atom is 0.330 e. The molecule has 1 aliphatic rings. The molecule has 0 bridgehead atoms. The molecule has 0 spiro atoms. The van der Waals surface area contributed by atoms with Crippen molar-refractivity contribution in [2.45, 2.75) is 30.6 Å². The van der Waals surface area contributed by atoms with Gasteiger partial charge in [0.2, 0.25) is 0 Å². The summed E-state index contributed by atoms with van der Waals surface area (Å²) in [6, 6.07) is 5.38. The van der Waals surface area contributed by atoms with Gasteiger partial charge in [0.15, 0.2) is 0 Å². The van der Waals surface area contributed by atoms with E-state index in [1.54, 1.807) is 31.2 Å². The van der Waals surface area contributed by atoms with Crippen LogP contribution >= 0.6 is 36.0 Å². The van der Waals surface area contributed by atoms with E-state index in [1.165, 1.54) is 0 Å². The first-order valence-electron chi connectivity index (χ1n) is 8.34. The van der Waals surface area contributed by atoms with Gasteiger partial charge >= 0.3 is 5.97 Å². The van der Waals surface area contributed by atoms with Crippen LogP contribution < -0.4 is 5.32 Å². The number of nitrogens with zero attached hydrogens (tertiary/aromatic N) is 2. The summed E-state index contributed by atoms with van der Waals surface area (Å²) >= 11 is 6.66. The zero-order valence-corrected chi connectivity index (χ0v) is 17.5. The molecule has 0 saturated carbocycles. The number of rotatable bonds is 7. The van der Waals surface area contributed by atoms with Gasteiger partial charge < -0.3 is 15.0 Å². The van der Waals surface area contributed by atoms with E-state index < -0.39 is 22.7 Å². The lowest BCUT2D eigenvalue weighted by Crippen LogP contribution is -2.59. The molecule has 0 radical (unpaired) electrons. The molecular formula is C17H23Cl2N3O4S. The van der Waals surface area contributed by atoms with E-state index in [9.17, 15) is 14.5 Å². The van der Waals surface area contributed by atoms with E-state index in [0.717, 1.165) is 11.9 Å². The molecule has 1 amide bonds. The minimum atomic E-state index is -0.970. The highest BCUT2D eigenvalue weighted by atomic mass is 35.5. The second kappa shape index (κ2) is 10.8. The molecule has 1 aliphatic heterocycles. The normalized spacial score (nSPS) is 17.3. The van der Waals surface area contributed by atoms with Crippen molar-refractivity contribution in [1.29, 1.82) is 0 Å². The van der Waals surface area contributed by atoms with Crippen molar-refractivity contribution in [3.8, 4) is 0 Å². The fraction of sp³-hybridized carbons (Fsp3) is 0.529. The van der Waals surface area contributed by atoms with Crippen LogP contribution in [0.1, 0.15) is 30.1 Å². The van der Waals surface area contributed by atoms with Crippen molar-refractivity contribution in [2.75, 3.05) is 26.7 Å². The molecule has 1 unspecified atom stereocenters. The Morgan fingerprint density at radius 1 is 1.33 bits per heavy atom. The van der Waals surface area contributed by atoms with Crippen LogP contribution in [0.2, 0.25) is 5.02 Å². The first kappa shape index (κ1) is 23.7. The monoisotopic (exact) mass is 435 g/mol. The van der Waals surface area contributed by atoms with Crippen LogP contribution in [0.5, 0.6) is 0 Å². The second-order valence-electron chi connectivity index (χ2n) is 6.20. The maximum atomic E-state index is 12.6. The van der Waals surface area contributed by atoms with E-state index in [0.29, 0.717) is 36.5 Å². The first-order valence-corrected chi connectivity index (χ1v) is 9.49. The highest BCUT2D eigenvalue weighted by molar-refractivity contribution is 7.99. The van der Waals surface area contributed by atoms with Crippen LogP contribution in [0.15, 0.2) is 28.8 Å². The zero-order chi connectivity index (χ0) is 19.2. The predicted molar refractivity (Wildman–Crippen MR) is 109 cm³/mol. The first-order chi connectivity index (χ1) is 12.4. The lowest BCUT2D eigenvalue weighted by molar-refractivity contribution is -0.146. The lowest BCUT2D eigenvalue weighted by Gasteiger charge is -2.42. The fourth-order valence-electron chi connectivity index (χ4n) is 2.95. The maximum absolute atomic E-state index is 12.6. The minimum Gasteiger partial charge on any atom is -0.464 e. The minimum absolute atomic E-state index is 0. The van der Waals surface area contributed by atoms with Crippen molar-refractivity contribution in [1.82, 2.24) is 10.2 Å². The Labute approximate surface area is 174 Å². The Morgan fingerprint density at radius 2 is 1.93 bits per heavy atom. The highest BCUT2D eigenvalue weighted by Crippen LogP contribution is 2.40. The quantitative estimate of drug-likeness (QED) is 0.401. The summed E-state index contributed by atoms with van der Waals surface area (Å²) in [5.41, 5.74) is 0.371. The van der Waals surface area contributed by atoms with E-state index >= 15 is 0 Å². The summed E-state index contributed by atoms with van der Waals surface area (Å²) in [6.07, 6.45) is 1.06. The molecule has 1 N–H and O–H groups in total. The average Bonchev–Trinajstić information content (AvgIpc) is 2.62. The molecule has 1 aromatic carbocycles. The third kappa shape index (κ3) is 6.07. The zero-order valence-electron chi connectivity index (χ0n) is 15.1. The van der Waals surface area contributed by atoms with Gasteiger partial charge in [0.1, 0.15) is 6.04 Å². The number of carbonyl (C=O) groups excluding carboxylic acids is 2. The number of ether oxygens (including phenoxy) is 1. The van der Waals surface area contributed by atoms with Gasteiger partial charge in [-0.05, 0) is 64.2 Å². The van der Waals surface area contributed by atoms with Crippen LogP contribution in [0.25, 0.3) is 0 Å². The van der Waals surface area contributed by atoms with Crippen LogP contribution in [0.4, 0.5) is 0 Å². The molecule has 10 heteroatoms. The molecule has 0 aromatic heterocycles. The standard InChI is InChI=1S/C17H22ClN3O4S.ClH/c1-3-25-16(23)14(17(26-20-24)8-10-21(2)11-9-17)19-15(22)12-4-6-13(18)7-5-12;/h4-7,14H,3,8-11H2,1-2H3,(H,19,22);1H. The number of benzene rings is 1. The number of nitrogens with one attached hydrogen (secondary N) is 1. The largest absolute Gasteiger partial charge is 0.464 e. The van der Waals surface area contributed by atoms with Crippen molar-refractivity contribution >= 4 is 47.8 Å². The number of amides is 1. The number of hydrogen-bond donors (Lipinski definition) is 1. The molecule has 1 fully saturated rings. The van der Waals surface area contributed by atoms with Gasteiger partial charge in [-0.25, -0.2) is 4.79 Å². The summed E-state index contributed by atoms with van der Waals surface area (Å²) < 4.78 is 7.32. The number of piperidine rings is 1. The van der Waals surface area contributed by atoms with Gasteiger partial charge in [0.25, 0.3) is 5.91 Å². The molecule has 1 saturated heterocycles. The lowest BCUT2D eigenvalue weighted by atomic mass is 9.88. The smallest absolute Gasteiger partial charge is 0.330 e. The summed E-state index contributed by atoms with van der Waals surface area (Å²) in [7, 11) is 1.97. The van der Waals surface area contributed by atoms with Gasteiger partial charge in [0.05, 0.1) is 11.4 Å². The predicted octanol–water partition coefficient (Wildman–Crippen LogP) is 3.30. The van der Waals surface area contributed by atoms with E-state index in [-0.39, 0.29) is 19.0 Å². The Hall–Kier alpha value is -1.35. The number of likely N-dealkylation sites (tertiary alicyclic amines) is 1. The van der Waals surface area contributed by atoms with Gasteiger partial charge in [-0.15, -0.1) is 17.3 Å². The molecule has 2 rings (SSSR count). The topological polar surface area (TPSA) is 88.1 Å². The van der Waals surface area contributed by atoms with E-state index in [1.807, 2.05) is 7.05 Å². The van der Waals surface area contributed by atoms with Crippen LogP contribution in [0, 0.1) is 4.91 Å². The van der Waals surface area contributed by atoms with Crippen LogP contribution in [0.3, 0.4) is 0 Å². The Balaban J connectivity index is 0.00000364. The van der Waals surface area contributed by atoms with Crippen molar-refractivity contribution < 1.29 is 14.3 Å². The van der Waals surface area contributed by atoms with Crippen molar-refractivity contribution in [3.05, 3.63) is 39.8 Å². The van der Waals surface area contributed by atoms with Crippen LogP contribution in [-0.4, -0.2) is 54.3 Å². The molecular weight excluding hydrogens is 413 g/mol. The van der Waals surface area contributed by atoms with Gasteiger partial charge in [0, 0.05) is 27.1 Å². The number of esters is 1. The Morgan fingerprint density at radius 3 is 2.44 bits per heavy atom. The van der Waals surface area contributed by atoms with Crippen LogP contribution in [-0.2, 0) is 9.53 Å². The van der Waals surface area contributed by atoms with Gasteiger partial charge in [-0.2, -0.15) is 0 Å². The van der Waals surface area contributed by atoms with E-state index in [2.05, 4.69) is 14.8 Å². The molecule has 1 aromatic rings. The number of hydrogen-bond acceptors (Lipinski definition) is 7. The number of halogens is 2. The van der Waals surface area contributed by atoms with E-state index in [4.69, 9.17) is 16.3 Å². The molecule has 0 aliphatic carbocycles. The SMILES string of the molecule is CCOC(=O)C(NC(=O)c1ccc(Cl)cc1)C1(SN=O)CCN(C)CC1.Cl. The highest BCUT2D eigenvalue weighted by Gasteiger charge is 2.48. The van der Waals surface area contributed by atoms with Crippen molar-refractivity contribution in [2.24, 2.45) is 4.58 Å². The Kier molecular flexibility index (Phi) is 9.52. The molecule has 7 nitrogen and oxygen atoms in total. The summed E-state index contributed by atoms with van der Waals surface area (Å²) in [6.45, 7) is 3.26. The average molecular weight is 436 g/mol. The van der Waals surface area contributed by atoms with Gasteiger partial charge in [-0.1, -0.05) is 11.6 Å².